The van der Waals surface area contributed by atoms with E-state index in [-0.39, 0.29) is 12.5 Å². The fourth-order valence-corrected chi connectivity index (χ4v) is 12.0. The monoisotopic (exact) mass is 1130 g/mol. The number of rotatable bonds is 61. The van der Waals surface area contributed by atoms with Crippen LogP contribution in [0.5, 0.6) is 0 Å². The third kappa shape index (κ3) is 46.6. The summed E-state index contributed by atoms with van der Waals surface area (Å²) in [6, 6.07) is -0.853. The van der Waals surface area contributed by atoms with E-state index in [1.165, 1.54) is 276 Å². The topological polar surface area (TPSA) is 192 Å². The van der Waals surface area contributed by atoms with E-state index >= 15 is 0 Å². The van der Waals surface area contributed by atoms with Gasteiger partial charge in [-0.3, -0.25) is 9.35 Å². The van der Waals surface area contributed by atoms with Crippen LogP contribution in [-0.2, 0) is 28.9 Å². The van der Waals surface area contributed by atoms with Crippen molar-refractivity contribution in [2.75, 3.05) is 13.2 Å². The van der Waals surface area contributed by atoms with Crippen molar-refractivity contribution >= 4 is 16.3 Å². The number of hydrogen-bond donors (Lipinski definition) is 6. The van der Waals surface area contributed by atoms with E-state index in [4.69, 9.17) is 9.47 Å². The Labute approximate surface area is 481 Å². The van der Waals surface area contributed by atoms with Crippen molar-refractivity contribution in [1.29, 1.82) is 0 Å². The highest BCUT2D eigenvalue weighted by Gasteiger charge is 2.48. The summed E-state index contributed by atoms with van der Waals surface area (Å²) in [4.78, 5) is 13.2. The van der Waals surface area contributed by atoms with Crippen LogP contribution in [0.25, 0.3) is 0 Å². The fraction of sp³-hybridized carbons (Fsp3) is 0.985. The van der Waals surface area contributed by atoms with Gasteiger partial charge in [0.2, 0.25) is 5.91 Å². The molecule has 13 heteroatoms. The Morgan fingerprint density at radius 3 is 1.03 bits per heavy atom. The molecular weight excluding hydrogens is 1000 g/mol. The molecule has 12 nitrogen and oxygen atoms in total. The average Bonchev–Trinajstić information content (AvgIpc) is 3.46. The maximum absolute atomic E-state index is 13.2. The van der Waals surface area contributed by atoms with Crippen LogP contribution in [0.15, 0.2) is 0 Å². The molecule has 0 aliphatic carbocycles. The molecule has 7 unspecified atom stereocenters. The van der Waals surface area contributed by atoms with Crippen molar-refractivity contribution in [2.24, 2.45) is 0 Å². The molecule has 7 atom stereocenters. The molecule has 1 fully saturated rings. The van der Waals surface area contributed by atoms with Crippen molar-refractivity contribution < 1.29 is 51.8 Å². The number of unbranched alkanes of at least 4 members (excludes halogenated alkanes) is 49. The zero-order valence-electron chi connectivity index (χ0n) is 51.0. The molecule has 0 bridgehead atoms. The first-order valence-electron chi connectivity index (χ1n) is 33.9. The molecule has 1 aliphatic rings. The molecule has 1 heterocycles. The van der Waals surface area contributed by atoms with Crippen molar-refractivity contribution in [2.45, 2.75) is 397 Å². The number of amides is 1. The van der Waals surface area contributed by atoms with Gasteiger partial charge < -0.3 is 35.2 Å². The third-order valence-electron chi connectivity index (χ3n) is 16.7. The maximum Gasteiger partial charge on any atom is 0.397 e. The minimum Gasteiger partial charge on any atom is -0.394 e. The SMILES string of the molecule is CCCCCCCCCCCCCCCCCCCCCCCCCCCCCCCCCCCCCCCC(=O)NC(COC1OC(CO)C(O)C(OS(=O)(=O)O)C1O)C(O)CCCCCCCCCCCCCCCC. The van der Waals surface area contributed by atoms with E-state index < -0.39 is 59.9 Å². The maximum atomic E-state index is 13.2. The van der Waals surface area contributed by atoms with Gasteiger partial charge in [-0.2, -0.15) is 8.42 Å². The number of ether oxygens (including phenoxy) is 2. The van der Waals surface area contributed by atoms with Crippen LogP contribution in [0.2, 0.25) is 0 Å². The highest BCUT2D eigenvalue weighted by molar-refractivity contribution is 7.80. The smallest absolute Gasteiger partial charge is 0.394 e. The first-order valence-corrected chi connectivity index (χ1v) is 35.3. The van der Waals surface area contributed by atoms with Crippen LogP contribution in [-0.4, -0.2) is 95.4 Å². The minimum atomic E-state index is -5.08. The highest BCUT2D eigenvalue weighted by Crippen LogP contribution is 2.27. The number of carbonyl (C=O) groups excluding carboxylic acids is 1. The Balaban J connectivity index is 2.12. The van der Waals surface area contributed by atoms with Gasteiger partial charge in [0.1, 0.15) is 24.4 Å². The van der Waals surface area contributed by atoms with E-state index in [9.17, 15) is 38.2 Å². The molecule has 0 aromatic carbocycles. The fourth-order valence-electron chi connectivity index (χ4n) is 11.5. The Kier molecular flexibility index (Phi) is 53.3. The Bertz CT molecular complexity index is 1380. The van der Waals surface area contributed by atoms with Gasteiger partial charge in [0.25, 0.3) is 0 Å². The summed E-state index contributed by atoms with van der Waals surface area (Å²) in [5.41, 5.74) is 0. The van der Waals surface area contributed by atoms with Gasteiger partial charge in [-0.15, -0.1) is 0 Å². The molecule has 6 N–H and O–H groups in total. The summed E-state index contributed by atoms with van der Waals surface area (Å²) < 4.78 is 48.0. The normalized spacial score (nSPS) is 18.7. The Morgan fingerprint density at radius 1 is 0.462 bits per heavy atom. The predicted octanol–water partition coefficient (Wildman–Crippen LogP) is 17.2. The van der Waals surface area contributed by atoms with Crippen LogP contribution in [0.1, 0.15) is 354 Å². The lowest BCUT2D eigenvalue weighted by Crippen LogP contribution is -2.61. The van der Waals surface area contributed by atoms with E-state index in [2.05, 4.69) is 23.3 Å². The number of carbonyl (C=O) groups is 1. The summed E-state index contributed by atoms with van der Waals surface area (Å²) in [5, 5.41) is 45.2. The molecule has 0 saturated carbocycles. The summed E-state index contributed by atoms with van der Waals surface area (Å²) in [6.45, 7) is 3.51. The number of aliphatic hydroxyl groups excluding tert-OH is 4. The first-order chi connectivity index (χ1) is 38.0. The zero-order chi connectivity index (χ0) is 56.8. The molecule has 1 saturated heterocycles. The molecule has 466 valence electrons. The van der Waals surface area contributed by atoms with Crippen molar-refractivity contribution in [3.05, 3.63) is 0 Å². The summed E-state index contributed by atoms with van der Waals surface area (Å²) in [5.74, 6) is -0.221. The van der Waals surface area contributed by atoms with Crippen molar-refractivity contribution in [1.82, 2.24) is 5.32 Å². The van der Waals surface area contributed by atoms with Gasteiger partial charge in [0.05, 0.1) is 25.4 Å². The molecule has 1 aliphatic heterocycles. The largest absolute Gasteiger partial charge is 0.397 e. The number of hydrogen-bond acceptors (Lipinski definition) is 10. The molecule has 1 rings (SSSR count). The molecular formula is C65H129NO11S. The Morgan fingerprint density at radius 2 is 0.744 bits per heavy atom. The molecule has 0 aromatic rings. The third-order valence-corrected chi connectivity index (χ3v) is 17.1. The standard InChI is InChI=1S/C65H129NO11S/c1-3-5-7-9-11-13-15-17-19-20-21-22-23-24-25-26-27-28-29-30-31-32-33-34-35-36-37-38-39-40-41-43-45-47-49-51-53-55-61(69)66-58(57-75-65-63(71)64(77-78(72,73)74)62(70)60(56-67)76-65)59(68)54-52-50-48-46-44-42-18-16-14-12-10-8-6-4-2/h58-60,62-65,67-68,70-71H,3-57H2,1-2H3,(H,66,69)(H,72,73,74). The molecule has 1 amide bonds. The lowest BCUT2D eigenvalue weighted by molar-refractivity contribution is -0.298. The van der Waals surface area contributed by atoms with Crippen LogP contribution < -0.4 is 5.32 Å². The van der Waals surface area contributed by atoms with Gasteiger partial charge in [0.15, 0.2) is 6.29 Å². The summed E-state index contributed by atoms with van der Waals surface area (Å²) >= 11 is 0. The quantitative estimate of drug-likeness (QED) is 0.0251. The average molecular weight is 1130 g/mol. The molecule has 0 radical (unpaired) electrons. The van der Waals surface area contributed by atoms with Crippen molar-refractivity contribution in [3.63, 3.8) is 0 Å². The van der Waals surface area contributed by atoms with Crippen molar-refractivity contribution in [3.8, 4) is 0 Å². The van der Waals surface area contributed by atoms with Crippen LogP contribution in [0.4, 0.5) is 0 Å². The van der Waals surface area contributed by atoms with Gasteiger partial charge in [0, 0.05) is 6.42 Å². The van der Waals surface area contributed by atoms with E-state index in [1.54, 1.807) is 0 Å². The lowest BCUT2D eigenvalue weighted by atomic mass is 9.99. The molecule has 0 aromatic heterocycles. The minimum absolute atomic E-state index is 0.221. The van der Waals surface area contributed by atoms with E-state index in [0.717, 1.165) is 51.4 Å². The second-order valence-electron chi connectivity index (χ2n) is 24.1. The number of nitrogens with one attached hydrogen (secondary N) is 1. The van der Waals surface area contributed by atoms with Gasteiger partial charge in [-0.25, -0.2) is 4.18 Å². The first kappa shape index (κ1) is 75.1. The predicted molar refractivity (Wildman–Crippen MR) is 324 cm³/mol. The highest BCUT2D eigenvalue weighted by atomic mass is 32.3. The lowest BCUT2D eigenvalue weighted by Gasteiger charge is -2.41. The van der Waals surface area contributed by atoms with Gasteiger partial charge in [-0.1, -0.05) is 335 Å². The summed E-state index contributed by atoms with van der Waals surface area (Å²) in [7, 11) is -5.08. The van der Waals surface area contributed by atoms with Crippen LogP contribution >= 0.6 is 0 Å². The van der Waals surface area contributed by atoms with Crippen LogP contribution in [0, 0.1) is 0 Å². The number of aliphatic hydroxyl groups is 4. The second kappa shape index (κ2) is 55.3. The molecule has 78 heavy (non-hydrogen) atoms. The van der Waals surface area contributed by atoms with E-state index in [0.29, 0.717) is 12.8 Å². The van der Waals surface area contributed by atoms with Gasteiger partial charge in [-0.05, 0) is 12.8 Å². The van der Waals surface area contributed by atoms with Crippen LogP contribution in [0.3, 0.4) is 0 Å². The van der Waals surface area contributed by atoms with Gasteiger partial charge >= 0.3 is 10.4 Å². The molecule has 0 spiro atoms. The summed E-state index contributed by atoms with van der Waals surface area (Å²) in [6.07, 6.45) is 58.8. The zero-order valence-corrected chi connectivity index (χ0v) is 51.8. The second-order valence-corrected chi connectivity index (χ2v) is 25.2. The van der Waals surface area contributed by atoms with E-state index in [1.807, 2.05) is 0 Å². The Hall–Kier alpha value is -0.900.